The second-order valence-electron chi connectivity index (χ2n) is 4.11. The molecule has 0 aromatic heterocycles. The van der Waals surface area contributed by atoms with E-state index in [0.717, 1.165) is 0 Å². The Balaban J connectivity index is 3.19. The Kier molecular flexibility index (Phi) is 5.13. The number of hydrogen-bond donors (Lipinski definition) is 4. The van der Waals surface area contributed by atoms with E-state index in [2.05, 4.69) is 15.9 Å². The number of anilines is 1. The van der Waals surface area contributed by atoms with Crippen LogP contribution in [0.5, 0.6) is 0 Å². The molecule has 0 radical (unpaired) electrons. The predicted octanol–water partition coefficient (Wildman–Crippen LogP) is 1.45. The second-order valence-corrected chi connectivity index (χ2v) is 4.90. The highest BCUT2D eigenvalue weighted by atomic mass is 79.9. The molecule has 0 amide bonds. The van der Waals surface area contributed by atoms with E-state index in [-0.39, 0.29) is 16.8 Å². The number of carboxylic acids is 1. The van der Waals surface area contributed by atoms with Crippen LogP contribution >= 0.6 is 15.9 Å². The highest BCUT2D eigenvalue weighted by Crippen LogP contribution is 2.29. The first kappa shape index (κ1) is 14.9. The summed E-state index contributed by atoms with van der Waals surface area (Å²) < 4.78 is 0. The standard InChI is InChI=1S/C12H16BrNO4/c1-6-4-7(11(16)9(15)2-3-13)10(14)8(5-6)12(17)18/h4-5,9,11,15-16H,2-3,14H2,1H3,(H,17,18). The Morgan fingerprint density at radius 3 is 2.56 bits per heavy atom. The molecule has 0 saturated heterocycles. The fourth-order valence-corrected chi connectivity index (χ4v) is 2.19. The van der Waals surface area contributed by atoms with Crippen molar-refractivity contribution in [2.45, 2.75) is 25.6 Å². The minimum atomic E-state index is -1.19. The Labute approximate surface area is 113 Å². The van der Waals surface area contributed by atoms with E-state index in [1.807, 2.05) is 0 Å². The van der Waals surface area contributed by atoms with Crippen molar-refractivity contribution in [3.63, 3.8) is 0 Å². The molecule has 0 aliphatic carbocycles. The van der Waals surface area contributed by atoms with E-state index in [0.29, 0.717) is 17.3 Å². The van der Waals surface area contributed by atoms with Crippen LogP contribution in [-0.2, 0) is 0 Å². The van der Waals surface area contributed by atoms with Crippen molar-refractivity contribution in [3.05, 3.63) is 28.8 Å². The number of aliphatic hydroxyl groups is 2. The molecule has 0 aliphatic heterocycles. The largest absolute Gasteiger partial charge is 0.478 e. The number of alkyl halides is 1. The summed E-state index contributed by atoms with van der Waals surface area (Å²) in [6, 6.07) is 3.02. The summed E-state index contributed by atoms with van der Waals surface area (Å²) in [7, 11) is 0. The molecule has 18 heavy (non-hydrogen) atoms. The van der Waals surface area contributed by atoms with Gasteiger partial charge in [0.2, 0.25) is 0 Å². The van der Waals surface area contributed by atoms with Crippen LogP contribution in [0.15, 0.2) is 12.1 Å². The van der Waals surface area contributed by atoms with Crippen LogP contribution in [0.1, 0.15) is 34.0 Å². The van der Waals surface area contributed by atoms with Crippen molar-refractivity contribution < 1.29 is 20.1 Å². The number of nitrogen functional groups attached to an aromatic ring is 1. The quantitative estimate of drug-likeness (QED) is 0.486. The lowest BCUT2D eigenvalue weighted by Gasteiger charge is -2.20. The summed E-state index contributed by atoms with van der Waals surface area (Å²) in [5.41, 5.74) is 6.58. The Hall–Kier alpha value is -1.11. The zero-order valence-corrected chi connectivity index (χ0v) is 11.5. The van der Waals surface area contributed by atoms with Gasteiger partial charge in [0.25, 0.3) is 0 Å². The minimum Gasteiger partial charge on any atom is -0.478 e. The molecular weight excluding hydrogens is 302 g/mol. The maximum Gasteiger partial charge on any atom is 0.337 e. The van der Waals surface area contributed by atoms with E-state index >= 15 is 0 Å². The number of benzene rings is 1. The molecule has 0 fully saturated rings. The molecule has 0 spiro atoms. The molecule has 6 heteroatoms. The van der Waals surface area contributed by atoms with Crippen LogP contribution in [0.3, 0.4) is 0 Å². The molecule has 2 atom stereocenters. The van der Waals surface area contributed by atoms with E-state index in [4.69, 9.17) is 10.8 Å². The van der Waals surface area contributed by atoms with Crippen molar-refractivity contribution in [1.82, 2.24) is 0 Å². The molecular formula is C12H16BrNO4. The number of carboxylic acid groups (broad SMARTS) is 1. The lowest BCUT2D eigenvalue weighted by molar-refractivity contribution is 0.0177. The highest BCUT2D eigenvalue weighted by Gasteiger charge is 2.23. The zero-order chi connectivity index (χ0) is 13.9. The Morgan fingerprint density at radius 2 is 2.06 bits per heavy atom. The lowest BCUT2D eigenvalue weighted by atomic mass is 9.96. The molecule has 1 aromatic carbocycles. The Bertz CT molecular complexity index is 450. The van der Waals surface area contributed by atoms with Gasteiger partial charge in [0, 0.05) is 10.9 Å². The van der Waals surface area contributed by atoms with Crippen LogP contribution in [-0.4, -0.2) is 32.7 Å². The van der Waals surface area contributed by atoms with Crippen LogP contribution in [0, 0.1) is 6.92 Å². The number of aliphatic hydroxyl groups excluding tert-OH is 2. The average Bonchev–Trinajstić information content (AvgIpc) is 2.30. The van der Waals surface area contributed by atoms with Crippen LogP contribution < -0.4 is 5.73 Å². The van der Waals surface area contributed by atoms with Gasteiger partial charge in [0.1, 0.15) is 6.10 Å². The average molecular weight is 318 g/mol. The van der Waals surface area contributed by atoms with Crippen LogP contribution in [0.2, 0.25) is 0 Å². The molecule has 5 nitrogen and oxygen atoms in total. The molecule has 100 valence electrons. The maximum absolute atomic E-state index is 11.0. The predicted molar refractivity (Wildman–Crippen MR) is 71.9 cm³/mol. The summed E-state index contributed by atoms with van der Waals surface area (Å²) in [6.45, 7) is 1.71. The molecule has 1 rings (SSSR count). The molecule has 0 heterocycles. The van der Waals surface area contributed by atoms with E-state index < -0.39 is 18.2 Å². The number of aryl methyl sites for hydroxylation is 1. The molecule has 2 unspecified atom stereocenters. The van der Waals surface area contributed by atoms with Gasteiger partial charge in [-0.1, -0.05) is 22.0 Å². The van der Waals surface area contributed by atoms with Gasteiger partial charge in [0.15, 0.2) is 0 Å². The summed E-state index contributed by atoms with van der Waals surface area (Å²) in [5, 5.41) is 29.3. The van der Waals surface area contributed by atoms with Gasteiger partial charge in [-0.15, -0.1) is 0 Å². The summed E-state index contributed by atoms with van der Waals surface area (Å²) in [4.78, 5) is 11.0. The molecule has 0 bridgehead atoms. The van der Waals surface area contributed by atoms with Gasteiger partial charge in [-0.05, 0) is 25.0 Å². The number of rotatable bonds is 5. The third-order valence-corrected chi connectivity index (χ3v) is 3.13. The van der Waals surface area contributed by atoms with E-state index in [9.17, 15) is 15.0 Å². The summed E-state index contributed by atoms with van der Waals surface area (Å²) >= 11 is 3.17. The van der Waals surface area contributed by atoms with E-state index in [1.54, 1.807) is 13.0 Å². The summed E-state index contributed by atoms with van der Waals surface area (Å²) in [6.07, 6.45) is -1.84. The van der Waals surface area contributed by atoms with Crippen LogP contribution in [0.25, 0.3) is 0 Å². The smallest absolute Gasteiger partial charge is 0.337 e. The topological polar surface area (TPSA) is 104 Å². The Morgan fingerprint density at radius 1 is 1.44 bits per heavy atom. The SMILES string of the molecule is Cc1cc(C(=O)O)c(N)c(C(O)C(O)CCBr)c1. The van der Waals surface area contributed by atoms with Crippen molar-refractivity contribution in [2.24, 2.45) is 0 Å². The van der Waals surface area contributed by atoms with Gasteiger partial charge < -0.3 is 21.1 Å². The molecule has 0 saturated carbocycles. The lowest BCUT2D eigenvalue weighted by Crippen LogP contribution is -2.21. The number of nitrogens with two attached hydrogens (primary N) is 1. The molecule has 5 N–H and O–H groups in total. The van der Waals surface area contributed by atoms with Gasteiger partial charge >= 0.3 is 5.97 Å². The number of halogens is 1. The highest BCUT2D eigenvalue weighted by molar-refractivity contribution is 9.09. The van der Waals surface area contributed by atoms with Gasteiger partial charge in [-0.2, -0.15) is 0 Å². The van der Waals surface area contributed by atoms with Gasteiger partial charge in [-0.3, -0.25) is 0 Å². The first-order chi connectivity index (χ1) is 8.38. The first-order valence-corrected chi connectivity index (χ1v) is 6.56. The monoisotopic (exact) mass is 317 g/mol. The van der Waals surface area contributed by atoms with Crippen molar-refractivity contribution in [1.29, 1.82) is 0 Å². The third kappa shape index (κ3) is 3.22. The van der Waals surface area contributed by atoms with Gasteiger partial charge in [-0.25, -0.2) is 4.79 Å². The van der Waals surface area contributed by atoms with Gasteiger partial charge in [0.05, 0.1) is 17.4 Å². The normalized spacial score (nSPS) is 14.2. The first-order valence-electron chi connectivity index (χ1n) is 5.44. The molecule has 1 aromatic rings. The van der Waals surface area contributed by atoms with E-state index in [1.165, 1.54) is 6.07 Å². The number of hydrogen-bond acceptors (Lipinski definition) is 4. The zero-order valence-electron chi connectivity index (χ0n) is 9.93. The second kappa shape index (κ2) is 6.17. The fraction of sp³-hybridized carbons (Fsp3) is 0.417. The summed E-state index contributed by atoms with van der Waals surface area (Å²) in [5.74, 6) is -1.15. The third-order valence-electron chi connectivity index (χ3n) is 2.67. The van der Waals surface area contributed by atoms with Crippen LogP contribution in [0.4, 0.5) is 5.69 Å². The number of carbonyl (C=O) groups is 1. The maximum atomic E-state index is 11.0. The fourth-order valence-electron chi connectivity index (χ4n) is 1.72. The van der Waals surface area contributed by atoms with Crippen molar-refractivity contribution in [3.8, 4) is 0 Å². The van der Waals surface area contributed by atoms with Crippen molar-refractivity contribution in [2.75, 3.05) is 11.1 Å². The molecule has 0 aliphatic rings. The minimum absolute atomic E-state index is 0.00535. The number of aromatic carboxylic acids is 1. The van der Waals surface area contributed by atoms with Crippen molar-refractivity contribution >= 4 is 27.6 Å².